The van der Waals surface area contributed by atoms with Gasteiger partial charge in [-0.05, 0) is 41.6 Å². The molecular formula is C11H16BrN3S. The second-order valence-corrected chi connectivity index (χ2v) is 6.48. The van der Waals surface area contributed by atoms with Gasteiger partial charge in [-0.15, -0.1) is 11.3 Å². The molecule has 1 aromatic heterocycles. The predicted octanol–water partition coefficient (Wildman–Crippen LogP) is 2.62. The van der Waals surface area contributed by atoms with E-state index in [2.05, 4.69) is 43.6 Å². The third-order valence-corrected chi connectivity index (χ3v) is 5.40. The Morgan fingerprint density at radius 2 is 2.12 bits per heavy atom. The molecule has 0 amide bonds. The van der Waals surface area contributed by atoms with Crippen LogP contribution in [0.3, 0.4) is 0 Å². The maximum atomic E-state index is 4.50. The van der Waals surface area contributed by atoms with Gasteiger partial charge >= 0.3 is 0 Å². The molecule has 2 aliphatic rings. The standard InChI is InChI=1S/C11H16BrN3S/c1-15(11-14-10(12)6-16-11)9-4-7-2-3-8(5-9)13-7/h6-9,13H,2-5H2,1H3. The number of halogens is 1. The minimum absolute atomic E-state index is 0.664. The van der Waals surface area contributed by atoms with E-state index in [1.807, 2.05) is 0 Å². The van der Waals surface area contributed by atoms with Gasteiger partial charge in [-0.25, -0.2) is 4.98 Å². The van der Waals surface area contributed by atoms with Crippen molar-refractivity contribution in [1.29, 1.82) is 0 Å². The summed E-state index contributed by atoms with van der Waals surface area (Å²) in [4.78, 5) is 6.86. The quantitative estimate of drug-likeness (QED) is 0.910. The normalized spacial score (nSPS) is 33.0. The lowest BCUT2D eigenvalue weighted by atomic mass is 9.99. The highest BCUT2D eigenvalue weighted by molar-refractivity contribution is 9.10. The minimum Gasteiger partial charge on any atom is -0.348 e. The number of nitrogens with one attached hydrogen (secondary N) is 1. The predicted molar refractivity (Wildman–Crippen MR) is 71.2 cm³/mol. The summed E-state index contributed by atoms with van der Waals surface area (Å²) in [6, 6.07) is 2.15. The monoisotopic (exact) mass is 301 g/mol. The summed E-state index contributed by atoms with van der Waals surface area (Å²) in [5.41, 5.74) is 0. The summed E-state index contributed by atoms with van der Waals surface area (Å²) in [6.07, 6.45) is 5.25. The van der Waals surface area contributed by atoms with Crippen molar-refractivity contribution >= 4 is 32.4 Å². The summed E-state index contributed by atoms with van der Waals surface area (Å²) in [6.45, 7) is 0. The SMILES string of the molecule is CN(c1nc(Br)cs1)C1CC2CCC(C1)N2. The largest absolute Gasteiger partial charge is 0.348 e. The third kappa shape index (κ3) is 2.00. The van der Waals surface area contributed by atoms with Gasteiger partial charge in [-0.1, -0.05) is 0 Å². The van der Waals surface area contributed by atoms with Gasteiger partial charge in [0.2, 0.25) is 0 Å². The number of aromatic nitrogens is 1. The summed E-state index contributed by atoms with van der Waals surface area (Å²) >= 11 is 5.14. The van der Waals surface area contributed by atoms with Crippen LogP contribution in [0.5, 0.6) is 0 Å². The summed E-state index contributed by atoms with van der Waals surface area (Å²) in [5, 5.41) is 6.87. The first kappa shape index (κ1) is 11.0. The molecule has 0 saturated carbocycles. The lowest BCUT2D eigenvalue weighted by Gasteiger charge is -2.35. The topological polar surface area (TPSA) is 28.2 Å². The zero-order chi connectivity index (χ0) is 11.1. The van der Waals surface area contributed by atoms with Crippen LogP contribution in [-0.4, -0.2) is 30.2 Å². The van der Waals surface area contributed by atoms with Crippen LogP contribution >= 0.6 is 27.3 Å². The van der Waals surface area contributed by atoms with Gasteiger partial charge < -0.3 is 10.2 Å². The van der Waals surface area contributed by atoms with E-state index in [0.29, 0.717) is 6.04 Å². The molecule has 88 valence electrons. The number of piperidine rings is 1. The van der Waals surface area contributed by atoms with Crippen LogP contribution in [-0.2, 0) is 0 Å². The number of fused-ring (bicyclic) bond motifs is 2. The molecule has 2 bridgehead atoms. The summed E-state index contributed by atoms with van der Waals surface area (Å²) in [5.74, 6) is 0. The average molecular weight is 302 g/mol. The number of nitrogens with zero attached hydrogens (tertiary/aromatic N) is 2. The van der Waals surface area contributed by atoms with Crippen LogP contribution in [0.15, 0.2) is 9.98 Å². The van der Waals surface area contributed by atoms with E-state index in [-0.39, 0.29) is 0 Å². The maximum absolute atomic E-state index is 4.50. The number of hydrogen-bond acceptors (Lipinski definition) is 4. The van der Waals surface area contributed by atoms with Crippen LogP contribution in [0.2, 0.25) is 0 Å². The molecular weight excluding hydrogens is 286 g/mol. The number of anilines is 1. The van der Waals surface area contributed by atoms with Gasteiger partial charge in [0.1, 0.15) is 4.60 Å². The molecule has 2 unspecified atom stereocenters. The van der Waals surface area contributed by atoms with E-state index in [0.717, 1.165) is 21.8 Å². The highest BCUT2D eigenvalue weighted by Crippen LogP contribution is 2.33. The molecule has 3 rings (SSSR count). The van der Waals surface area contributed by atoms with Gasteiger partial charge in [0, 0.05) is 30.6 Å². The molecule has 3 nitrogen and oxygen atoms in total. The Bertz CT molecular complexity index is 369. The zero-order valence-corrected chi connectivity index (χ0v) is 11.7. The van der Waals surface area contributed by atoms with E-state index in [1.165, 1.54) is 25.7 Å². The molecule has 0 aliphatic carbocycles. The number of thiazole rings is 1. The van der Waals surface area contributed by atoms with Crippen LogP contribution < -0.4 is 10.2 Å². The second kappa shape index (κ2) is 4.27. The van der Waals surface area contributed by atoms with Crippen LogP contribution in [0, 0.1) is 0 Å². The zero-order valence-electron chi connectivity index (χ0n) is 9.32. The van der Waals surface area contributed by atoms with Crippen molar-refractivity contribution in [2.45, 2.75) is 43.8 Å². The van der Waals surface area contributed by atoms with Gasteiger partial charge in [-0.2, -0.15) is 0 Å². The van der Waals surface area contributed by atoms with Crippen molar-refractivity contribution < 1.29 is 0 Å². The number of rotatable bonds is 2. The highest BCUT2D eigenvalue weighted by atomic mass is 79.9. The minimum atomic E-state index is 0.664. The molecule has 16 heavy (non-hydrogen) atoms. The van der Waals surface area contributed by atoms with E-state index in [1.54, 1.807) is 11.3 Å². The average Bonchev–Trinajstić information content (AvgIpc) is 2.84. The first-order chi connectivity index (χ1) is 7.72. The summed E-state index contributed by atoms with van der Waals surface area (Å²) < 4.78 is 0.955. The van der Waals surface area contributed by atoms with Gasteiger partial charge in [-0.3, -0.25) is 0 Å². The fourth-order valence-corrected chi connectivity index (χ4v) is 4.19. The van der Waals surface area contributed by atoms with Crippen molar-refractivity contribution in [3.8, 4) is 0 Å². The Hall–Kier alpha value is -0.130. The number of hydrogen-bond donors (Lipinski definition) is 1. The van der Waals surface area contributed by atoms with Crippen molar-refractivity contribution in [2.75, 3.05) is 11.9 Å². The Kier molecular flexibility index (Phi) is 2.94. The molecule has 0 spiro atoms. The smallest absolute Gasteiger partial charge is 0.186 e. The molecule has 1 N–H and O–H groups in total. The molecule has 2 saturated heterocycles. The molecule has 0 radical (unpaired) electrons. The van der Waals surface area contributed by atoms with E-state index in [4.69, 9.17) is 0 Å². The van der Waals surface area contributed by atoms with Gasteiger partial charge in [0.15, 0.2) is 5.13 Å². The van der Waals surface area contributed by atoms with Gasteiger partial charge in [0.05, 0.1) is 0 Å². The lowest BCUT2D eigenvalue weighted by Crippen LogP contribution is -2.47. The second-order valence-electron chi connectivity index (χ2n) is 4.83. The van der Waals surface area contributed by atoms with E-state index < -0.39 is 0 Å². The highest BCUT2D eigenvalue weighted by Gasteiger charge is 2.35. The van der Waals surface area contributed by atoms with Crippen molar-refractivity contribution in [3.05, 3.63) is 9.98 Å². The molecule has 1 aromatic rings. The first-order valence-electron chi connectivity index (χ1n) is 5.82. The summed E-state index contributed by atoms with van der Waals surface area (Å²) in [7, 11) is 2.18. The maximum Gasteiger partial charge on any atom is 0.186 e. The molecule has 2 aliphatic heterocycles. The van der Waals surface area contributed by atoms with Gasteiger partial charge in [0.25, 0.3) is 0 Å². The fraction of sp³-hybridized carbons (Fsp3) is 0.727. The fourth-order valence-electron chi connectivity index (χ4n) is 2.91. The first-order valence-corrected chi connectivity index (χ1v) is 7.49. The lowest BCUT2D eigenvalue weighted by molar-refractivity contribution is 0.354. The molecule has 2 atom stereocenters. The Labute approximate surface area is 108 Å². The molecule has 3 heterocycles. The molecule has 0 aromatic carbocycles. The van der Waals surface area contributed by atoms with E-state index >= 15 is 0 Å². The van der Waals surface area contributed by atoms with Crippen LogP contribution in [0.4, 0.5) is 5.13 Å². The van der Waals surface area contributed by atoms with Crippen molar-refractivity contribution in [2.24, 2.45) is 0 Å². The van der Waals surface area contributed by atoms with Crippen molar-refractivity contribution in [1.82, 2.24) is 10.3 Å². The van der Waals surface area contributed by atoms with Crippen LogP contribution in [0.1, 0.15) is 25.7 Å². The Balaban J connectivity index is 1.73. The molecule has 2 fully saturated rings. The van der Waals surface area contributed by atoms with Crippen molar-refractivity contribution in [3.63, 3.8) is 0 Å². The molecule has 5 heteroatoms. The Morgan fingerprint density at radius 3 is 2.69 bits per heavy atom. The van der Waals surface area contributed by atoms with E-state index in [9.17, 15) is 0 Å². The Morgan fingerprint density at radius 1 is 1.44 bits per heavy atom. The third-order valence-electron chi connectivity index (χ3n) is 3.76. The van der Waals surface area contributed by atoms with Crippen LogP contribution in [0.25, 0.3) is 0 Å².